The molecule has 0 radical (unpaired) electrons. The molecule has 0 saturated heterocycles. The largest absolute Gasteiger partial charge is 0.386 e. The first-order valence-corrected chi connectivity index (χ1v) is 12.9. The molecule has 2 aromatic carbocycles. The molecule has 2 heteroatoms. The standard InChI is InChI=1S/C32H39NO/c1-6-32(7-2,29-12-13-30(25(5)20-29)27-18-23(3)21-33-22-27)28-11-10-26(24(4)19-28)14-17-31(34)15-8-9-16-31/h10-14,17-22,34H,6-9,15-16H2,1-5H3. The summed E-state index contributed by atoms with van der Waals surface area (Å²) in [6, 6.07) is 16.1. The normalized spacial score (nSPS) is 15.8. The van der Waals surface area contributed by atoms with E-state index in [0.717, 1.165) is 38.5 Å². The van der Waals surface area contributed by atoms with Crippen LogP contribution in [0, 0.1) is 20.8 Å². The van der Waals surface area contributed by atoms with Gasteiger partial charge in [-0.25, -0.2) is 0 Å². The predicted molar refractivity (Wildman–Crippen MR) is 144 cm³/mol. The minimum Gasteiger partial charge on any atom is -0.386 e. The average Bonchev–Trinajstić information content (AvgIpc) is 3.26. The highest BCUT2D eigenvalue weighted by atomic mass is 16.3. The zero-order valence-corrected chi connectivity index (χ0v) is 21.5. The first-order valence-electron chi connectivity index (χ1n) is 12.9. The zero-order valence-electron chi connectivity index (χ0n) is 21.5. The monoisotopic (exact) mass is 453 g/mol. The van der Waals surface area contributed by atoms with Crippen molar-refractivity contribution in [2.24, 2.45) is 0 Å². The second-order valence-electron chi connectivity index (χ2n) is 10.3. The molecular weight excluding hydrogens is 414 g/mol. The third-order valence-corrected chi connectivity index (χ3v) is 8.04. The van der Waals surface area contributed by atoms with Crippen molar-refractivity contribution in [2.45, 2.75) is 84.2 Å². The molecule has 0 atom stereocenters. The quantitative estimate of drug-likeness (QED) is 0.392. The summed E-state index contributed by atoms with van der Waals surface area (Å²) in [5.74, 6) is 0. The highest BCUT2D eigenvalue weighted by Gasteiger charge is 2.32. The van der Waals surface area contributed by atoms with Gasteiger partial charge in [0.25, 0.3) is 0 Å². The lowest BCUT2D eigenvalue weighted by Gasteiger charge is -2.34. The summed E-state index contributed by atoms with van der Waals surface area (Å²) in [4.78, 5) is 4.39. The van der Waals surface area contributed by atoms with Gasteiger partial charge < -0.3 is 5.11 Å². The number of aliphatic hydroxyl groups is 1. The molecular formula is C32H39NO. The fourth-order valence-corrected chi connectivity index (χ4v) is 5.78. The Labute approximate surface area is 205 Å². The third kappa shape index (κ3) is 4.74. The molecule has 1 heterocycles. The smallest absolute Gasteiger partial charge is 0.0830 e. The summed E-state index contributed by atoms with van der Waals surface area (Å²) in [6.07, 6.45) is 14.1. The van der Waals surface area contributed by atoms with E-state index in [4.69, 9.17) is 0 Å². The predicted octanol–water partition coefficient (Wildman–Crippen LogP) is 8.10. The molecule has 0 unspecified atom stereocenters. The van der Waals surface area contributed by atoms with E-state index < -0.39 is 5.60 Å². The van der Waals surface area contributed by atoms with Crippen LogP contribution in [0.2, 0.25) is 0 Å². The number of hydrogen-bond donors (Lipinski definition) is 1. The number of pyridine rings is 1. The van der Waals surface area contributed by atoms with Crippen LogP contribution >= 0.6 is 0 Å². The van der Waals surface area contributed by atoms with Gasteiger partial charge in [0.1, 0.15) is 0 Å². The summed E-state index contributed by atoms with van der Waals surface area (Å²) < 4.78 is 0. The highest BCUT2D eigenvalue weighted by molar-refractivity contribution is 5.68. The van der Waals surface area contributed by atoms with Crippen LogP contribution in [-0.2, 0) is 5.41 Å². The summed E-state index contributed by atoms with van der Waals surface area (Å²) in [7, 11) is 0. The van der Waals surface area contributed by atoms with Crippen LogP contribution in [0.1, 0.15) is 85.8 Å². The van der Waals surface area contributed by atoms with Crippen LogP contribution in [-0.4, -0.2) is 15.7 Å². The van der Waals surface area contributed by atoms with Gasteiger partial charge in [-0.2, -0.15) is 0 Å². The number of rotatable bonds is 7. The van der Waals surface area contributed by atoms with Crippen molar-refractivity contribution in [2.75, 3.05) is 0 Å². The van der Waals surface area contributed by atoms with E-state index in [1.54, 1.807) is 0 Å². The van der Waals surface area contributed by atoms with Gasteiger partial charge in [0.15, 0.2) is 0 Å². The van der Waals surface area contributed by atoms with Crippen molar-refractivity contribution in [1.29, 1.82) is 0 Å². The Morgan fingerprint density at radius 3 is 2.12 bits per heavy atom. The maximum absolute atomic E-state index is 10.7. The molecule has 4 rings (SSSR count). The van der Waals surface area contributed by atoms with E-state index in [0.29, 0.717) is 0 Å². The van der Waals surface area contributed by atoms with Crippen LogP contribution in [0.15, 0.2) is 60.9 Å². The molecule has 0 spiro atoms. The summed E-state index contributed by atoms with van der Waals surface area (Å²) in [6.45, 7) is 11.1. The molecule has 2 nitrogen and oxygen atoms in total. The van der Waals surface area contributed by atoms with E-state index in [-0.39, 0.29) is 5.41 Å². The maximum atomic E-state index is 10.7. The molecule has 3 aromatic rings. The lowest BCUT2D eigenvalue weighted by molar-refractivity contribution is 0.100. The lowest BCUT2D eigenvalue weighted by Crippen LogP contribution is -2.26. The van der Waals surface area contributed by atoms with Crippen LogP contribution in [0.5, 0.6) is 0 Å². The number of aryl methyl sites for hydroxylation is 3. The van der Waals surface area contributed by atoms with E-state index in [1.807, 2.05) is 18.5 Å². The fourth-order valence-electron chi connectivity index (χ4n) is 5.78. The van der Waals surface area contributed by atoms with Gasteiger partial charge in [0.05, 0.1) is 5.60 Å². The Morgan fingerprint density at radius 2 is 1.53 bits per heavy atom. The van der Waals surface area contributed by atoms with E-state index in [2.05, 4.69) is 88.1 Å². The second-order valence-corrected chi connectivity index (χ2v) is 10.3. The molecule has 1 saturated carbocycles. The first kappa shape index (κ1) is 24.4. The van der Waals surface area contributed by atoms with Crippen molar-refractivity contribution in [3.8, 4) is 11.1 Å². The zero-order chi connectivity index (χ0) is 24.3. The Morgan fingerprint density at radius 1 is 0.882 bits per heavy atom. The Hall–Kier alpha value is -2.71. The number of nitrogens with zero attached hydrogens (tertiary/aromatic N) is 1. The van der Waals surface area contributed by atoms with E-state index in [9.17, 15) is 5.11 Å². The molecule has 1 fully saturated rings. The summed E-state index contributed by atoms with van der Waals surface area (Å²) in [5, 5.41) is 10.7. The molecule has 1 aromatic heterocycles. The molecule has 1 aliphatic carbocycles. The molecule has 1 aliphatic rings. The van der Waals surface area contributed by atoms with Gasteiger partial charge in [-0.3, -0.25) is 4.98 Å². The minimum absolute atomic E-state index is 0.0230. The van der Waals surface area contributed by atoms with Gasteiger partial charge in [-0.05, 0) is 91.5 Å². The van der Waals surface area contributed by atoms with Crippen LogP contribution < -0.4 is 0 Å². The SMILES string of the molecule is CCC(CC)(c1ccc(C=CC2(O)CCCC2)c(C)c1)c1ccc(-c2cncc(C)c2)c(C)c1. The van der Waals surface area contributed by atoms with Gasteiger partial charge in [0.2, 0.25) is 0 Å². The van der Waals surface area contributed by atoms with Crippen molar-refractivity contribution in [1.82, 2.24) is 4.98 Å². The van der Waals surface area contributed by atoms with Crippen molar-refractivity contribution in [3.05, 3.63) is 94.3 Å². The van der Waals surface area contributed by atoms with Gasteiger partial charge in [-0.1, -0.05) is 75.2 Å². The first-order chi connectivity index (χ1) is 16.3. The lowest BCUT2D eigenvalue weighted by atomic mass is 9.69. The highest BCUT2D eigenvalue weighted by Crippen LogP contribution is 2.41. The number of hydrogen-bond acceptors (Lipinski definition) is 2. The fraction of sp³-hybridized carbons (Fsp3) is 0.406. The summed E-state index contributed by atoms with van der Waals surface area (Å²) >= 11 is 0. The Balaban J connectivity index is 1.69. The van der Waals surface area contributed by atoms with E-state index in [1.165, 1.54) is 44.5 Å². The molecule has 34 heavy (non-hydrogen) atoms. The van der Waals surface area contributed by atoms with Crippen molar-refractivity contribution >= 4 is 6.08 Å². The number of aromatic nitrogens is 1. The van der Waals surface area contributed by atoms with E-state index >= 15 is 0 Å². The third-order valence-electron chi connectivity index (χ3n) is 8.04. The Kier molecular flexibility index (Phi) is 7.09. The minimum atomic E-state index is -0.617. The molecule has 1 N–H and O–H groups in total. The maximum Gasteiger partial charge on any atom is 0.0830 e. The number of benzene rings is 2. The molecule has 0 bridgehead atoms. The van der Waals surface area contributed by atoms with Crippen LogP contribution in [0.25, 0.3) is 17.2 Å². The Bertz CT molecular complexity index is 1180. The van der Waals surface area contributed by atoms with Crippen LogP contribution in [0.4, 0.5) is 0 Å². The topological polar surface area (TPSA) is 33.1 Å². The van der Waals surface area contributed by atoms with Crippen molar-refractivity contribution in [3.63, 3.8) is 0 Å². The van der Waals surface area contributed by atoms with Crippen molar-refractivity contribution < 1.29 is 5.11 Å². The van der Waals surface area contributed by atoms with Crippen LogP contribution in [0.3, 0.4) is 0 Å². The average molecular weight is 454 g/mol. The van der Waals surface area contributed by atoms with Gasteiger partial charge in [0, 0.05) is 23.4 Å². The summed E-state index contributed by atoms with van der Waals surface area (Å²) in [5.41, 5.74) is 9.47. The van der Waals surface area contributed by atoms with Gasteiger partial charge >= 0.3 is 0 Å². The molecule has 178 valence electrons. The second kappa shape index (κ2) is 9.88. The molecule has 0 amide bonds. The van der Waals surface area contributed by atoms with Gasteiger partial charge in [-0.15, -0.1) is 0 Å². The molecule has 0 aliphatic heterocycles.